The molecule has 0 spiro atoms. The Labute approximate surface area is 116 Å². The number of imide groups is 1. The average Bonchev–Trinajstić information content (AvgIpc) is 2.63. The molecule has 8 heteroatoms. The van der Waals surface area contributed by atoms with Crippen LogP contribution in [0.4, 0.5) is 10.5 Å². The summed E-state index contributed by atoms with van der Waals surface area (Å²) in [5.41, 5.74) is 1.18. The number of rotatable bonds is 6. The van der Waals surface area contributed by atoms with Gasteiger partial charge in [-0.3, -0.25) is 19.6 Å². The van der Waals surface area contributed by atoms with E-state index in [2.05, 4.69) is 15.7 Å². The van der Waals surface area contributed by atoms with Gasteiger partial charge < -0.3 is 10.4 Å². The second kappa shape index (κ2) is 7.27. The van der Waals surface area contributed by atoms with Gasteiger partial charge in [-0.05, 0) is 19.8 Å². The fourth-order valence-corrected chi connectivity index (χ4v) is 1.63. The van der Waals surface area contributed by atoms with Crippen LogP contribution in [-0.2, 0) is 16.6 Å². The molecule has 0 aliphatic rings. The molecule has 0 radical (unpaired) electrons. The quantitative estimate of drug-likeness (QED) is 0.674. The number of hydrogen-bond donors (Lipinski definition) is 3. The van der Waals surface area contributed by atoms with Crippen molar-refractivity contribution in [3.05, 3.63) is 11.9 Å². The lowest BCUT2D eigenvalue weighted by Gasteiger charge is -2.05. The third-order valence-corrected chi connectivity index (χ3v) is 2.56. The Hall–Kier alpha value is -2.38. The molecule has 0 atom stereocenters. The Bertz CT molecular complexity index is 510. The Balaban J connectivity index is 2.29. The fourth-order valence-electron chi connectivity index (χ4n) is 1.63. The van der Waals surface area contributed by atoms with Gasteiger partial charge >= 0.3 is 12.0 Å². The molecule has 0 aliphatic heterocycles. The van der Waals surface area contributed by atoms with Gasteiger partial charge in [-0.15, -0.1) is 0 Å². The normalized spacial score (nSPS) is 10.1. The van der Waals surface area contributed by atoms with Gasteiger partial charge in [0.2, 0.25) is 5.91 Å². The first-order valence-electron chi connectivity index (χ1n) is 6.21. The number of unbranched alkanes of at least 4 members (excludes halogenated alkanes) is 1. The monoisotopic (exact) mass is 282 g/mol. The Morgan fingerprint density at radius 3 is 2.50 bits per heavy atom. The van der Waals surface area contributed by atoms with Gasteiger partial charge in [0.15, 0.2) is 0 Å². The molecule has 0 unspecified atom stereocenters. The number of nitrogens with one attached hydrogen (secondary N) is 2. The molecule has 20 heavy (non-hydrogen) atoms. The van der Waals surface area contributed by atoms with Crippen LogP contribution in [0.15, 0.2) is 6.20 Å². The van der Waals surface area contributed by atoms with Crippen molar-refractivity contribution in [3.63, 3.8) is 0 Å². The summed E-state index contributed by atoms with van der Waals surface area (Å²) in [6.07, 6.45) is 2.61. The van der Waals surface area contributed by atoms with Crippen molar-refractivity contribution in [1.82, 2.24) is 15.1 Å². The van der Waals surface area contributed by atoms with Gasteiger partial charge in [0.1, 0.15) is 0 Å². The zero-order valence-corrected chi connectivity index (χ0v) is 11.5. The van der Waals surface area contributed by atoms with Gasteiger partial charge in [-0.1, -0.05) is 0 Å². The van der Waals surface area contributed by atoms with Crippen LogP contribution >= 0.6 is 0 Å². The van der Waals surface area contributed by atoms with Crippen molar-refractivity contribution in [3.8, 4) is 0 Å². The minimum atomic E-state index is -0.893. The number of aromatic nitrogens is 2. The number of hydrogen-bond acceptors (Lipinski definition) is 4. The molecule has 0 bridgehead atoms. The predicted molar refractivity (Wildman–Crippen MR) is 71.2 cm³/mol. The molecule has 8 nitrogen and oxygen atoms in total. The third-order valence-electron chi connectivity index (χ3n) is 2.56. The summed E-state index contributed by atoms with van der Waals surface area (Å²) in [4.78, 5) is 33.3. The average molecular weight is 282 g/mol. The number of aryl methyl sites for hydroxylation is 2. The summed E-state index contributed by atoms with van der Waals surface area (Å²) in [5, 5.41) is 17.2. The van der Waals surface area contributed by atoms with Crippen LogP contribution in [0.2, 0.25) is 0 Å². The molecule has 1 rings (SSSR count). The smallest absolute Gasteiger partial charge is 0.325 e. The predicted octanol–water partition coefficient (Wildman–Crippen LogP) is 1.02. The summed E-state index contributed by atoms with van der Waals surface area (Å²) < 4.78 is 1.55. The molecule has 110 valence electrons. The number of carboxylic acid groups (broad SMARTS) is 1. The van der Waals surface area contributed by atoms with E-state index in [4.69, 9.17) is 5.11 Å². The van der Waals surface area contributed by atoms with E-state index in [1.165, 1.54) is 0 Å². The number of urea groups is 1. The van der Waals surface area contributed by atoms with Gasteiger partial charge in [-0.2, -0.15) is 5.10 Å². The molecule has 0 aliphatic carbocycles. The first kappa shape index (κ1) is 15.7. The van der Waals surface area contributed by atoms with Gasteiger partial charge in [0.25, 0.3) is 0 Å². The van der Waals surface area contributed by atoms with E-state index in [1.807, 2.05) is 0 Å². The number of nitrogens with zero attached hydrogens (tertiary/aromatic N) is 2. The van der Waals surface area contributed by atoms with E-state index in [0.717, 1.165) is 0 Å². The maximum absolute atomic E-state index is 11.6. The van der Waals surface area contributed by atoms with Crippen LogP contribution in [0.1, 0.15) is 31.4 Å². The van der Waals surface area contributed by atoms with E-state index in [1.54, 1.807) is 24.9 Å². The molecule has 1 aromatic rings. The molecule has 1 aromatic heterocycles. The number of amides is 3. The molecule has 0 fully saturated rings. The second-order valence-corrected chi connectivity index (χ2v) is 4.40. The Morgan fingerprint density at radius 1 is 1.30 bits per heavy atom. The maximum Gasteiger partial charge on any atom is 0.325 e. The second-order valence-electron chi connectivity index (χ2n) is 4.40. The molecule has 0 saturated heterocycles. The lowest BCUT2D eigenvalue weighted by Crippen LogP contribution is -2.34. The summed E-state index contributed by atoms with van der Waals surface area (Å²) in [5.74, 6) is -1.33. The summed E-state index contributed by atoms with van der Waals surface area (Å²) in [6, 6.07) is -0.621. The number of carbonyl (C=O) groups excluding carboxylic acids is 2. The minimum Gasteiger partial charge on any atom is -0.481 e. The Morgan fingerprint density at radius 2 is 1.95 bits per heavy atom. The first-order chi connectivity index (χ1) is 9.38. The summed E-state index contributed by atoms with van der Waals surface area (Å²) in [6.45, 7) is 1.74. The third kappa shape index (κ3) is 5.51. The maximum atomic E-state index is 11.6. The number of carboxylic acids is 1. The number of carbonyl (C=O) groups is 3. The standard InChI is InChI=1S/C12H18N4O4/c1-8-9(7-16(2)15-8)13-12(20)14-10(17)5-3-4-6-11(18)19/h7H,3-6H2,1-2H3,(H,18,19)(H2,13,14,17,20). The van der Waals surface area contributed by atoms with Crippen molar-refractivity contribution >= 4 is 23.6 Å². The summed E-state index contributed by atoms with van der Waals surface area (Å²) >= 11 is 0. The van der Waals surface area contributed by atoms with E-state index in [9.17, 15) is 14.4 Å². The van der Waals surface area contributed by atoms with Gasteiger partial charge in [0.05, 0.1) is 11.4 Å². The van der Waals surface area contributed by atoms with Crippen molar-refractivity contribution in [1.29, 1.82) is 0 Å². The number of anilines is 1. The van der Waals surface area contributed by atoms with Crippen molar-refractivity contribution in [2.24, 2.45) is 7.05 Å². The van der Waals surface area contributed by atoms with Crippen LogP contribution in [0.3, 0.4) is 0 Å². The molecule has 1 heterocycles. The molecule has 0 saturated carbocycles. The lowest BCUT2D eigenvalue weighted by molar-refractivity contribution is -0.137. The topological polar surface area (TPSA) is 113 Å². The van der Waals surface area contributed by atoms with Crippen LogP contribution in [-0.4, -0.2) is 32.8 Å². The highest BCUT2D eigenvalue weighted by atomic mass is 16.4. The first-order valence-corrected chi connectivity index (χ1v) is 6.21. The molecule has 3 amide bonds. The molecule has 0 aromatic carbocycles. The van der Waals surface area contributed by atoms with Crippen LogP contribution < -0.4 is 10.6 Å². The fraction of sp³-hybridized carbons (Fsp3) is 0.500. The molecular weight excluding hydrogens is 264 g/mol. The van der Waals surface area contributed by atoms with Crippen molar-refractivity contribution < 1.29 is 19.5 Å². The van der Waals surface area contributed by atoms with Crippen molar-refractivity contribution in [2.75, 3.05) is 5.32 Å². The van der Waals surface area contributed by atoms with E-state index in [-0.39, 0.29) is 12.8 Å². The van der Waals surface area contributed by atoms with E-state index in [0.29, 0.717) is 24.2 Å². The zero-order chi connectivity index (χ0) is 15.1. The lowest BCUT2D eigenvalue weighted by atomic mass is 10.2. The summed E-state index contributed by atoms with van der Waals surface area (Å²) in [7, 11) is 1.73. The highest BCUT2D eigenvalue weighted by Crippen LogP contribution is 2.10. The Kier molecular flexibility index (Phi) is 5.70. The van der Waals surface area contributed by atoms with Crippen LogP contribution in [0.5, 0.6) is 0 Å². The van der Waals surface area contributed by atoms with E-state index >= 15 is 0 Å². The molecule has 3 N–H and O–H groups in total. The highest BCUT2D eigenvalue weighted by Gasteiger charge is 2.10. The largest absolute Gasteiger partial charge is 0.481 e. The SMILES string of the molecule is Cc1nn(C)cc1NC(=O)NC(=O)CCCCC(=O)O. The molecular formula is C12H18N4O4. The van der Waals surface area contributed by atoms with Gasteiger partial charge in [-0.25, -0.2) is 4.79 Å². The zero-order valence-electron chi connectivity index (χ0n) is 11.5. The van der Waals surface area contributed by atoms with E-state index < -0.39 is 17.9 Å². The van der Waals surface area contributed by atoms with Crippen LogP contribution in [0.25, 0.3) is 0 Å². The highest BCUT2D eigenvalue weighted by molar-refractivity contribution is 6.01. The van der Waals surface area contributed by atoms with Crippen LogP contribution in [0, 0.1) is 6.92 Å². The van der Waals surface area contributed by atoms with Crippen molar-refractivity contribution in [2.45, 2.75) is 32.6 Å². The minimum absolute atomic E-state index is 0.0222. The number of aliphatic carboxylic acids is 1. The van der Waals surface area contributed by atoms with Gasteiger partial charge in [0, 0.05) is 26.1 Å².